The van der Waals surface area contributed by atoms with Crippen molar-refractivity contribution >= 4 is 40.3 Å². The molecular weight excluding hydrogens is 327 g/mol. The average molecular weight is 334 g/mol. The van der Waals surface area contributed by atoms with Gasteiger partial charge in [-0.2, -0.15) is 0 Å². The van der Waals surface area contributed by atoms with Crippen LogP contribution in [0.5, 0.6) is 5.75 Å². The van der Waals surface area contributed by atoms with Gasteiger partial charge in [0.25, 0.3) is 5.78 Å². The van der Waals surface area contributed by atoms with Crippen molar-refractivity contribution in [3.05, 3.63) is 27.8 Å². The van der Waals surface area contributed by atoms with Crippen LogP contribution in [0, 0.1) is 3.57 Å². The molecule has 84 valence electrons. The first-order valence-corrected chi connectivity index (χ1v) is 5.29. The highest BCUT2D eigenvalue weighted by Gasteiger charge is 2.17. The van der Waals surface area contributed by atoms with E-state index in [0.29, 0.717) is 0 Å². The van der Waals surface area contributed by atoms with Crippen LogP contribution in [0.25, 0.3) is 0 Å². The van der Waals surface area contributed by atoms with Crippen molar-refractivity contribution in [2.24, 2.45) is 0 Å². The molecule has 0 bridgehead atoms. The van der Waals surface area contributed by atoms with Crippen molar-refractivity contribution in [3.8, 4) is 5.75 Å². The molecule has 1 aromatic rings. The maximum atomic E-state index is 11.1. The molecule has 0 radical (unpaired) electrons. The average Bonchev–Trinajstić information content (AvgIpc) is 2.21. The van der Waals surface area contributed by atoms with Gasteiger partial charge in [-0.05, 0) is 46.9 Å². The number of hydrogen-bond acceptors (Lipinski definition) is 4. The molecule has 1 rings (SSSR count). The van der Waals surface area contributed by atoms with E-state index in [1.165, 1.54) is 0 Å². The second-order valence-electron chi connectivity index (χ2n) is 2.83. The molecule has 0 unspecified atom stereocenters. The predicted molar refractivity (Wildman–Crippen MR) is 62.1 cm³/mol. The van der Waals surface area contributed by atoms with Crippen LogP contribution in [0.1, 0.15) is 6.42 Å². The number of rotatable bonds is 4. The number of halogens is 1. The molecule has 0 aliphatic rings. The molecule has 0 aliphatic carbocycles. The fourth-order valence-electron chi connectivity index (χ4n) is 0.877. The van der Waals surface area contributed by atoms with Gasteiger partial charge < -0.3 is 9.84 Å². The number of carbonyl (C=O) groups is 3. The van der Waals surface area contributed by atoms with Gasteiger partial charge in [-0.3, -0.25) is 9.59 Å². The number of hydrogen-bond donors (Lipinski definition) is 1. The van der Waals surface area contributed by atoms with Crippen molar-refractivity contribution in [3.63, 3.8) is 0 Å². The zero-order valence-corrected chi connectivity index (χ0v) is 10.1. The summed E-state index contributed by atoms with van der Waals surface area (Å²) >= 11 is 2.09. The van der Waals surface area contributed by atoms with E-state index in [1.54, 1.807) is 24.3 Å². The third-order valence-corrected chi connectivity index (χ3v) is 2.31. The lowest BCUT2D eigenvalue weighted by molar-refractivity contribution is -0.152. The van der Waals surface area contributed by atoms with Gasteiger partial charge in [0, 0.05) is 3.57 Å². The molecule has 5 nitrogen and oxygen atoms in total. The minimum Gasteiger partial charge on any atom is -0.475 e. The Labute approximate surface area is 105 Å². The van der Waals surface area contributed by atoms with Crippen LogP contribution < -0.4 is 4.74 Å². The number of carboxylic acids is 1. The van der Waals surface area contributed by atoms with E-state index >= 15 is 0 Å². The van der Waals surface area contributed by atoms with E-state index in [9.17, 15) is 14.4 Å². The van der Waals surface area contributed by atoms with E-state index < -0.39 is 24.1 Å². The summed E-state index contributed by atoms with van der Waals surface area (Å²) in [5.41, 5.74) is 0. The Kier molecular flexibility index (Phi) is 4.41. The highest BCUT2D eigenvalue weighted by atomic mass is 127. The second kappa shape index (κ2) is 5.59. The quantitative estimate of drug-likeness (QED) is 0.295. The topological polar surface area (TPSA) is 80.7 Å². The number of Topliss-reactive ketones (excluding diaryl/α,β-unsaturated/α-hetero) is 1. The van der Waals surface area contributed by atoms with Gasteiger partial charge in [0.15, 0.2) is 0 Å². The van der Waals surface area contributed by atoms with Crippen molar-refractivity contribution < 1.29 is 24.2 Å². The van der Waals surface area contributed by atoms with Crippen molar-refractivity contribution in [1.29, 1.82) is 0 Å². The number of esters is 1. The normalized spacial score (nSPS) is 9.56. The van der Waals surface area contributed by atoms with Crippen molar-refractivity contribution in [2.75, 3.05) is 0 Å². The van der Waals surface area contributed by atoms with Gasteiger partial charge in [0.05, 0.1) is 0 Å². The van der Waals surface area contributed by atoms with Gasteiger partial charge in [-0.25, -0.2) is 4.79 Å². The van der Waals surface area contributed by atoms with E-state index in [1.807, 2.05) is 0 Å². The molecule has 0 atom stereocenters. The number of ketones is 1. The Morgan fingerprint density at radius 1 is 1.19 bits per heavy atom. The van der Waals surface area contributed by atoms with Crippen LogP contribution in [0.3, 0.4) is 0 Å². The lowest BCUT2D eigenvalue weighted by atomic mass is 10.3. The summed E-state index contributed by atoms with van der Waals surface area (Å²) in [6.07, 6.45) is -0.763. The molecule has 0 aliphatic heterocycles. The van der Waals surface area contributed by atoms with E-state index in [2.05, 4.69) is 22.6 Å². The van der Waals surface area contributed by atoms with Gasteiger partial charge >= 0.3 is 11.9 Å². The highest BCUT2D eigenvalue weighted by molar-refractivity contribution is 14.1. The Hall–Kier alpha value is -1.44. The smallest absolute Gasteiger partial charge is 0.372 e. The fraction of sp³-hybridized carbons (Fsp3) is 0.100. The Bertz CT molecular complexity index is 423. The number of benzene rings is 1. The number of carbonyl (C=O) groups excluding carboxylic acids is 2. The summed E-state index contributed by atoms with van der Waals surface area (Å²) in [5, 5.41) is 8.28. The number of ether oxygens (including phenoxy) is 1. The zero-order valence-electron chi connectivity index (χ0n) is 7.97. The van der Waals surface area contributed by atoms with Gasteiger partial charge in [0.1, 0.15) is 12.2 Å². The molecule has 0 heterocycles. The van der Waals surface area contributed by atoms with Gasteiger partial charge in [-0.15, -0.1) is 0 Å². The summed E-state index contributed by atoms with van der Waals surface area (Å²) in [6, 6.07) is 6.57. The second-order valence-corrected chi connectivity index (χ2v) is 4.08. The zero-order chi connectivity index (χ0) is 12.1. The molecule has 0 spiro atoms. The molecule has 0 fully saturated rings. The van der Waals surface area contributed by atoms with Crippen molar-refractivity contribution in [2.45, 2.75) is 6.42 Å². The molecule has 0 saturated heterocycles. The van der Waals surface area contributed by atoms with Crippen LogP contribution in [-0.2, 0) is 14.4 Å². The molecular formula is C10H7IO5. The van der Waals surface area contributed by atoms with E-state index in [4.69, 9.17) is 9.84 Å². The van der Waals surface area contributed by atoms with Gasteiger partial charge in [0.2, 0.25) is 0 Å². The van der Waals surface area contributed by atoms with E-state index in [0.717, 1.165) is 3.57 Å². The summed E-state index contributed by atoms with van der Waals surface area (Å²) in [6.45, 7) is 0. The Morgan fingerprint density at radius 3 is 2.25 bits per heavy atom. The molecule has 6 heteroatoms. The first-order valence-electron chi connectivity index (χ1n) is 4.21. The SMILES string of the molecule is O=C(CC(=O)C(=O)O)Oc1ccc(I)cc1. The molecule has 0 amide bonds. The minimum absolute atomic E-state index is 0.281. The Morgan fingerprint density at radius 2 is 1.75 bits per heavy atom. The highest BCUT2D eigenvalue weighted by Crippen LogP contribution is 2.13. The number of aliphatic carboxylic acids is 1. The third-order valence-electron chi connectivity index (χ3n) is 1.59. The standard InChI is InChI=1S/C10H7IO5/c11-6-1-3-7(4-2-6)16-9(13)5-8(12)10(14)15/h1-4H,5H2,(H,14,15). The fourth-order valence-corrected chi connectivity index (χ4v) is 1.24. The molecule has 0 aromatic heterocycles. The number of carboxylic acid groups (broad SMARTS) is 1. The van der Waals surface area contributed by atoms with Crippen LogP contribution in [-0.4, -0.2) is 22.8 Å². The predicted octanol–water partition coefficient (Wildman–Crippen LogP) is 1.24. The first-order chi connectivity index (χ1) is 7.49. The molecule has 0 saturated carbocycles. The van der Waals surface area contributed by atoms with Gasteiger partial charge in [-0.1, -0.05) is 0 Å². The third kappa shape index (κ3) is 3.97. The monoisotopic (exact) mass is 334 g/mol. The van der Waals surface area contributed by atoms with Crippen molar-refractivity contribution in [1.82, 2.24) is 0 Å². The van der Waals surface area contributed by atoms with Crippen LogP contribution >= 0.6 is 22.6 Å². The van der Waals surface area contributed by atoms with Crippen LogP contribution in [0.15, 0.2) is 24.3 Å². The summed E-state index contributed by atoms with van der Waals surface area (Å²) in [5.74, 6) is -3.42. The minimum atomic E-state index is -1.64. The maximum absolute atomic E-state index is 11.1. The molecule has 1 aromatic carbocycles. The largest absolute Gasteiger partial charge is 0.475 e. The molecule has 16 heavy (non-hydrogen) atoms. The lowest BCUT2D eigenvalue weighted by Gasteiger charge is -2.02. The van der Waals surface area contributed by atoms with E-state index in [-0.39, 0.29) is 5.75 Å². The lowest BCUT2D eigenvalue weighted by Crippen LogP contribution is -2.20. The van der Waals surface area contributed by atoms with Crippen LogP contribution in [0.2, 0.25) is 0 Å². The molecule has 1 N–H and O–H groups in total. The maximum Gasteiger partial charge on any atom is 0.372 e. The summed E-state index contributed by atoms with van der Waals surface area (Å²) in [7, 11) is 0. The Balaban J connectivity index is 2.55. The van der Waals surface area contributed by atoms with Crippen LogP contribution in [0.4, 0.5) is 0 Å². The summed E-state index contributed by atoms with van der Waals surface area (Å²) < 4.78 is 5.74. The summed E-state index contributed by atoms with van der Waals surface area (Å²) in [4.78, 5) is 32.0. The first kappa shape index (κ1) is 12.6.